The first-order chi connectivity index (χ1) is 7.17. The van der Waals surface area contributed by atoms with Gasteiger partial charge in [-0.1, -0.05) is 5.92 Å². The van der Waals surface area contributed by atoms with Crippen LogP contribution in [-0.4, -0.2) is 19.7 Å². The number of benzene rings is 1. The van der Waals surface area contributed by atoms with Crippen molar-refractivity contribution in [3.63, 3.8) is 0 Å². The van der Waals surface area contributed by atoms with Crippen LogP contribution < -0.4 is 4.74 Å². The standard InChI is InChI=1S/C12H12O3/c1-4-5-15-11-7-9(2)6-10(8-11)12(13)14-3/h1,6-8H,5H2,2-3H3. The number of carbonyl (C=O) groups is 1. The minimum atomic E-state index is -0.385. The lowest BCUT2D eigenvalue weighted by Crippen LogP contribution is -2.03. The Morgan fingerprint density at radius 3 is 2.80 bits per heavy atom. The summed E-state index contributed by atoms with van der Waals surface area (Å²) in [5.74, 6) is 2.55. The quantitative estimate of drug-likeness (QED) is 0.556. The first-order valence-electron chi connectivity index (χ1n) is 4.43. The van der Waals surface area contributed by atoms with Gasteiger partial charge in [-0.05, 0) is 30.7 Å². The highest BCUT2D eigenvalue weighted by Gasteiger charge is 2.07. The second-order valence-corrected chi connectivity index (χ2v) is 3.02. The van der Waals surface area contributed by atoms with Crippen LogP contribution in [0.2, 0.25) is 0 Å². The van der Waals surface area contributed by atoms with Crippen LogP contribution in [0.3, 0.4) is 0 Å². The molecule has 0 aromatic heterocycles. The first-order valence-corrected chi connectivity index (χ1v) is 4.43. The molecule has 15 heavy (non-hydrogen) atoms. The molecule has 0 bridgehead atoms. The molecule has 1 aromatic rings. The van der Waals surface area contributed by atoms with Gasteiger partial charge in [0, 0.05) is 0 Å². The molecule has 1 aromatic carbocycles. The Morgan fingerprint density at radius 1 is 1.47 bits per heavy atom. The molecule has 0 unspecified atom stereocenters. The molecule has 0 amide bonds. The third-order valence-electron chi connectivity index (χ3n) is 1.79. The molecule has 0 radical (unpaired) electrons. The topological polar surface area (TPSA) is 35.5 Å². The van der Waals surface area contributed by atoms with Gasteiger partial charge in [-0.3, -0.25) is 0 Å². The number of aryl methyl sites for hydroxylation is 1. The Labute approximate surface area is 89.0 Å². The van der Waals surface area contributed by atoms with Gasteiger partial charge in [0.15, 0.2) is 0 Å². The van der Waals surface area contributed by atoms with Crippen molar-refractivity contribution in [1.82, 2.24) is 0 Å². The number of ether oxygens (including phenoxy) is 2. The molecule has 0 aliphatic rings. The van der Waals surface area contributed by atoms with Gasteiger partial charge in [0.25, 0.3) is 0 Å². The van der Waals surface area contributed by atoms with Crippen molar-refractivity contribution < 1.29 is 14.3 Å². The average Bonchev–Trinajstić information content (AvgIpc) is 2.24. The summed E-state index contributed by atoms with van der Waals surface area (Å²) in [6, 6.07) is 5.15. The lowest BCUT2D eigenvalue weighted by atomic mass is 10.1. The fourth-order valence-electron chi connectivity index (χ4n) is 1.19. The van der Waals surface area contributed by atoms with Crippen LogP contribution in [0.1, 0.15) is 15.9 Å². The molecule has 0 heterocycles. The van der Waals surface area contributed by atoms with Gasteiger partial charge in [0.05, 0.1) is 12.7 Å². The van der Waals surface area contributed by atoms with Crippen molar-refractivity contribution in [2.75, 3.05) is 13.7 Å². The van der Waals surface area contributed by atoms with Gasteiger partial charge in [-0.2, -0.15) is 0 Å². The number of rotatable bonds is 3. The second kappa shape index (κ2) is 5.06. The van der Waals surface area contributed by atoms with E-state index >= 15 is 0 Å². The molecule has 3 nitrogen and oxygen atoms in total. The molecule has 0 saturated carbocycles. The van der Waals surface area contributed by atoms with Crippen molar-refractivity contribution in [2.45, 2.75) is 6.92 Å². The molecule has 0 fully saturated rings. The molecule has 0 N–H and O–H groups in total. The van der Waals surface area contributed by atoms with E-state index < -0.39 is 0 Å². The summed E-state index contributed by atoms with van der Waals surface area (Å²) in [4.78, 5) is 11.3. The van der Waals surface area contributed by atoms with Crippen LogP contribution in [0.5, 0.6) is 5.75 Å². The van der Waals surface area contributed by atoms with E-state index in [1.807, 2.05) is 13.0 Å². The summed E-state index contributed by atoms with van der Waals surface area (Å²) >= 11 is 0. The van der Waals surface area contributed by atoms with E-state index in [4.69, 9.17) is 11.2 Å². The predicted molar refractivity (Wildman–Crippen MR) is 56.8 cm³/mol. The van der Waals surface area contributed by atoms with E-state index in [1.165, 1.54) is 7.11 Å². The smallest absolute Gasteiger partial charge is 0.337 e. The lowest BCUT2D eigenvalue weighted by molar-refractivity contribution is 0.0600. The van der Waals surface area contributed by atoms with Crippen molar-refractivity contribution in [2.24, 2.45) is 0 Å². The fourth-order valence-corrected chi connectivity index (χ4v) is 1.19. The number of esters is 1. The second-order valence-electron chi connectivity index (χ2n) is 3.02. The molecule has 0 saturated heterocycles. The maximum Gasteiger partial charge on any atom is 0.337 e. The molecule has 0 atom stereocenters. The lowest BCUT2D eigenvalue weighted by Gasteiger charge is -2.06. The SMILES string of the molecule is C#CCOc1cc(C)cc(C(=O)OC)c1. The molecular weight excluding hydrogens is 192 g/mol. The summed E-state index contributed by atoms with van der Waals surface area (Å²) < 4.78 is 9.84. The Balaban J connectivity index is 2.95. The molecule has 0 aliphatic heterocycles. The highest BCUT2D eigenvalue weighted by atomic mass is 16.5. The van der Waals surface area contributed by atoms with Gasteiger partial charge in [-0.15, -0.1) is 6.42 Å². The Kier molecular flexibility index (Phi) is 3.75. The van der Waals surface area contributed by atoms with E-state index in [1.54, 1.807) is 12.1 Å². The third kappa shape index (κ3) is 3.03. The normalized spacial score (nSPS) is 9.13. The van der Waals surface area contributed by atoms with Gasteiger partial charge in [0.1, 0.15) is 12.4 Å². The first kappa shape index (κ1) is 11.1. The molecule has 0 aliphatic carbocycles. The monoisotopic (exact) mass is 204 g/mol. The maximum absolute atomic E-state index is 11.3. The summed E-state index contributed by atoms with van der Waals surface area (Å²) in [6.07, 6.45) is 5.07. The number of hydrogen-bond acceptors (Lipinski definition) is 3. The van der Waals surface area contributed by atoms with Gasteiger partial charge in [0.2, 0.25) is 0 Å². The van der Waals surface area contributed by atoms with Gasteiger partial charge < -0.3 is 9.47 Å². The maximum atomic E-state index is 11.3. The van der Waals surface area contributed by atoms with Crippen molar-refractivity contribution in [1.29, 1.82) is 0 Å². The molecule has 3 heteroatoms. The molecular formula is C12H12O3. The zero-order chi connectivity index (χ0) is 11.3. The van der Waals surface area contributed by atoms with E-state index in [0.717, 1.165) is 5.56 Å². The molecule has 0 spiro atoms. The third-order valence-corrected chi connectivity index (χ3v) is 1.79. The van der Waals surface area contributed by atoms with E-state index in [2.05, 4.69) is 10.7 Å². The summed E-state index contributed by atoms with van der Waals surface area (Å²) in [5, 5.41) is 0. The van der Waals surface area contributed by atoms with Crippen molar-refractivity contribution >= 4 is 5.97 Å². The number of terminal acetylenes is 1. The Hall–Kier alpha value is -1.95. The number of methoxy groups -OCH3 is 1. The van der Waals surface area contributed by atoms with Crippen LogP contribution in [0.15, 0.2) is 18.2 Å². The van der Waals surface area contributed by atoms with E-state index in [9.17, 15) is 4.79 Å². The Morgan fingerprint density at radius 2 is 2.20 bits per heavy atom. The number of hydrogen-bond donors (Lipinski definition) is 0. The highest BCUT2D eigenvalue weighted by Crippen LogP contribution is 2.17. The average molecular weight is 204 g/mol. The zero-order valence-electron chi connectivity index (χ0n) is 8.74. The number of carbonyl (C=O) groups excluding carboxylic acids is 1. The molecule has 78 valence electrons. The van der Waals surface area contributed by atoms with Crippen LogP contribution in [0, 0.1) is 19.3 Å². The van der Waals surface area contributed by atoms with Crippen molar-refractivity contribution in [3.05, 3.63) is 29.3 Å². The minimum absolute atomic E-state index is 0.185. The van der Waals surface area contributed by atoms with Crippen LogP contribution >= 0.6 is 0 Å². The Bertz CT molecular complexity index is 402. The predicted octanol–water partition coefficient (Wildman–Crippen LogP) is 1.79. The van der Waals surface area contributed by atoms with Crippen LogP contribution in [0.25, 0.3) is 0 Å². The minimum Gasteiger partial charge on any atom is -0.481 e. The highest BCUT2D eigenvalue weighted by molar-refractivity contribution is 5.90. The van der Waals surface area contributed by atoms with Gasteiger partial charge >= 0.3 is 5.97 Å². The zero-order valence-corrected chi connectivity index (χ0v) is 8.74. The van der Waals surface area contributed by atoms with Crippen LogP contribution in [0.4, 0.5) is 0 Å². The summed E-state index contributed by atoms with van der Waals surface area (Å²) in [7, 11) is 1.34. The summed E-state index contributed by atoms with van der Waals surface area (Å²) in [5.41, 5.74) is 1.38. The largest absolute Gasteiger partial charge is 0.481 e. The van der Waals surface area contributed by atoms with E-state index in [0.29, 0.717) is 11.3 Å². The fraction of sp³-hybridized carbons (Fsp3) is 0.250. The van der Waals surface area contributed by atoms with Crippen molar-refractivity contribution in [3.8, 4) is 18.1 Å². The molecule has 1 rings (SSSR count). The van der Waals surface area contributed by atoms with E-state index in [-0.39, 0.29) is 12.6 Å². The van der Waals surface area contributed by atoms with Gasteiger partial charge in [-0.25, -0.2) is 4.79 Å². The van der Waals surface area contributed by atoms with Crippen LogP contribution in [-0.2, 0) is 4.74 Å². The summed E-state index contributed by atoms with van der Waals surface area (Å²) in [6.45, 7) is 2.05.